The molecule has 0 fully saturated rings. The Balaban J connectivity index is 2.19. The van der Waals surface area contributed by atoms with Gasteiger partial charge in [0.1, 0.15) is 0 Å². The number of rotatable bonds is 5. The molecule has 6 heteroatoms. The molecule has 2 rings (SSSR count). The van der Waals surface area contributed by atoms with Crippen LogP contribution in [0.3, 0.4) is 0 Å². The molecule has 132 valence electrons. The number of nitrogens with one attached hydrogen (secondary N) is 1. The number of carbonyl (C=O) groups is 3. The fourth-order valence-corrected chi connectivity index (χ4v) is 2.58. The number of carbonyl (C=O) groups excluding carboxylic acids is 3. The quantitative estimate of drug-likeness (QED) is 0.666. The molecule has 0 spiro atoms. The van der Waals surface area contributed by atoms with E-state index in [9.17, 15) is 14.4 Å². The van der Waals surface area contributed by atoms with Gasteiger partial charge in [-0.2, -0.15) is 0 Å². The number of ketones is 1. The lowest BCUT2D eigenvalue weighted by atomic mass is 10.1. The minimum Gasteiger partial charge on any atom is -0.465 e. The van der Waals surface area contributed by atoms with Crippen molar-refractivity contribution in [2.45, 2.75) is 33.8 Å². The summed E-state index contributed by atoms with van der Waals surface area (Å²) in [6.45, 7) is 6.74. The van der Waals surface area contributed by atoms with Crippen molar-refractivity contribution < 1.29 is 23.9 Å². The summed E-state index contributed by atoms with van der Waals surface area (Å²) >= 11 is 0. The van der Waals surface area contributed by atoms with Crippen molar-refractivity contribution in [1.29, 1.82) is 0 Å². The van der Waals surface area contributed by atoms with Crippen molar-refractivity contribution >= 4 is 17.7 Å². The molecule has 2 aromatic rings. The van der Waals surface area contributed by atoms with Crippen LogP contribution >= 0.6 is 0 Å². The summed E-state index contributed by atoms with van der Waals surface area (Å²) in [5, 5.41) is 0. The normalized spacial score (nSPS) is 11.7. The van der Waals surface area contributed by atoms with Crippen LogP contribution in [-0.2, 0) is 9.47 Å². The highest BCUT2D eigenvalue weighted by Crippen LogP contribution is 2.21. The maximum Gasteiger partial charge on any atom is 0.339 e. The predicted molar refractivity (Wildman–Crippen MR) is 92.0 cm³/mol. The van der Waals surface area contributed by atoms with Crippen LogP contribution in [0.1, 0.15) is 54.9 Å². The molecule has 0 aliphatic rings. The largest absolute Gasteiger partial charge is 0.465 e. The van der Waals surface area contributed by atoms with E-state index < -0.39 is 23.8 Å². The van der Waals surface area contributed by atoms with E-state index in [1.165, 1.54) is 14.0 Å². The SMILES string of the molecule is COC(=O)c1c(C)[nH]c(C(=O)C(C)OC(=O)c2ccc(C)cc2)c1C. The average molecular weight is 343 g/mol. The van der Waals surface area contributed by atoms with Crippen LogP contribution in [0.25, 0.3) is 0 Å². The second kappa shape index (κ2) is 7.34. The van der Waals surface area contributed by atoms with Gasteiger partial charge < -0.3 is 14.5 Å². The average Bonchev–Trinajstić information content (AvgIpc) is 2.88. The van der Waals surface area contributed by atoms with Crippen LogP contribution in [0, 0.1) is 20.8 Å². The Bertz CT molecular complexity index is 817. The Labute approximate surface area is 146 Å². The molecule has 0 aliphatic heterocycles. The number of hydrogen-bond acceptors (Lipinski definition) is 5. The lowest BCUT2D eigenvalue weighted by Gasteiger charge is -2.12. The van der Waals surface area contributed by atoms with E-state index in [1.54, 1.807) is 38.1 Å². The summed E-state index contributed by atoms with van der Waals surface area (Å²) in [5.74, 6) is -1.50. The van der Waals surface area contributed by atoms with E-state index in [2.05, 4.69) is 4.98 Å². The highest BCUT2D eigenvalue weighted by atomic mass is 16.5. The van der Waals surface area contributed by atoms with Crippen molar-refractivity contribution in [2.75, 3.05) is 7.11 Å². The number of aryl methyl sites for hydroxylation is 2. The lowest BCUT2D eigenvalue weighted by Crippen LogP contribution is -2.25. The summed E-state index contributed by atoms with van der Waals surface area (Å²) in [6.07, 6.45) is -0.990. The fraction of sp³-hybridized carbons (Fsp3) is 0.316. The molecule has 1 aromatic carbocycles. The first-order valence-corrected chi connectivity index (χ1v) is 7.85. The van der Waals surface area contributed by atoms with Gasteiger partial charge in [0.25, 0.3) is 0 Å². The third-order valence-corrected chi connectivity index (χ3v) is 4.01. The van der Waals surface area contributed by atoms with Gasteiger partial charge in [-0.1, -0.05) is 17.7 Å². The van der Waals surface area contributed by atoms with Gasteiger partial charge in [0.05, 0.1) is 23.9 Å². The smallest absolute Gasteiger partial charge is 0.339 e. The Morgan fingerprint density at radius 1 is 1.00 bits per heavy atom. The zero-order chi connectivity index (χ0) is 18.7. The maximum absolute atomic E-state index is 12.6. The molecule has 0 amide bonds. The Kier molecular flexibility index (Phi) is 5.41. The minimum absolute atomic E-state index is 0.238. The Hall–Kier alpha value is -2.89. The second-order valence-electron chi connectivity index (χ2n) is 5.89. The maximum atomic E-state index is 12.6. The molecule has 0 bridgehead atoms. The molecule has 0 saturated heterocycles. The lowest BCUT2D eigenvalue weighted by molar-refractivity contribution is 0.0316. The molecule has 0 aliphatic carbocycles. The zero-order valence-corrected chi connectivity index (χ0v) is 14.9. The molecule has 1 unspecified atom stereocenters. The molecular weight excluding hydrogens is 322 g/mol. The number of aromatic nitrogens is 1. The van der Waals surface area contributed by atoms with Crippen molar-refractivity contribution in [1.82, 2.24) is 4.98 Å². The number of benzene rings is 1. The molecule has 0 radical (unpaired) electrons. The fourth-order valence-electron chi connectivity index (χ4n) is 2.58. The number of Topliss-reactive ketones (excluding diaryl/α,β-unsaturated/α-hetero) is 1. The van der Waals surface area contributed by atoms with Crippen molar-refractivity contribution in [3.05, 3.63) is 57.9 Å². The number of H-pyrrole nitrogens is 1. The van der Waals surface area contributed by atoms with E-state index in [0.717, 1.165) is 5.56 Å². The number of ether oxygens (including phenoxy) is 2. The van der Waals surface area contributed by atoms with E-state index in [1.807, 2.05) is 6.92 Å². The van der Waals surface area contributed by atoms with Gasteiger partial charge in [0, 0.05) is 5.69 Å². The van der Waals surface area contributed by atoms with Crippen LogP contribution in [0.5, 0.6) is 0 Å². The molecule has 1 aromatic heterocycles. The number of esters is 2. The van der Waals surface area contributed by atoms with Crippen LogP contribution in [0.4, 0.5) is 0 Å². The molecular formula is C19H21NO5. The topological polar surface area (TPSA) is 85.5 Å². The first kappa shape index (κ1) is 18.4. The summed E-state index contributed by atoms with van der Waals surface area (Å²) in [7, 11) is 1.28. The van der Waals surface area contributed by atoms with Crippen molar-refractivity contribution in [3.8, 4) is 0 Å². The minimum atomic E-state index is -0.990. The van der Waals surface area contributed by atoms with Gasteiger partial charge in [-0.25, -0.2) is 9.59 Å². The van der Waals surface area contributed by atoms with Gasteiger partial charge in [-0.3, -0.25) is 4.79 Å². The first-order valence-electron chi connectivity index (χ1n) is 7.85. The highest BCUT2D eigenvalue weighted by Gasteiger charge is 2.27. The van der Waals surface area contributed by atoms with Crippen molar-refractivity contribution in [2.24, 2.45) is 0 Å². The monoisotopic (exact) mass is 343 g/mol. The van der Waals surface area contributed by atoms with Crippen LogP contribution < -0.4 is 0 Å². The van der Waals surface area contributed by atoms with Gasteiger partial charge in [0.15, 0.2) is 6.10 Å². The summed E-state index contributed by atoms with van der Waals surface area (Å²) < 4.78 is 9.99. The standard InChI is InChI=1S/C19H21NO5/c1-10-6-8-14(9-7-10)18(22)25-13(4)17(21)16-11(2)15(12(3)20-16)19(23)24-5/h6-9,13,20H,1-5H3. The highest BCUT2D eigenvalue weighted by molar-refractivity contribution is 6.04. The van der Waals surface area contributed by atoms with E-state index in [0.29, 0.717) is 22.4 Å². The summed E-state index contributed by atoms with van der Waals surface area (Å²) in [5.41, 5.74) is 2.97. The van der Waals surface area contributed by atoms with Gasteiger partial charge in [0.2, 0.25) is 5.78 Å². The van der Waals surface area contributed by atoms with Gasteiger partial charge >= 0.3 is 11.9 Å². The molecule has 1 N–H and O–H groups in total. The van der Waals surface area contributed by atoms with Crippen LogP contribution in [0.2, 0.25) is 0 Å². The van der Waals surface area contributed by atoms with E-state index in [4.69, 9.17) is 9.47 Å². The Morgan fingerprint density at radius 3 is 2.16 bits per heavy atom. The summed E-state index contributed by atoms with van der Waals surface area (Å²) in [6, 6.07) is 6.89. The molecule has 6 nitrogen and oxygen atoms in total. The summed E-state index contributed by atoms with van der Waals surface area (Å²) in [4.78, 5) is 39.5. The third kappa shape index (κ3) is 3.79. The number of methoxy groups -OCH3 is 1. The predicted octanol–water partition coefficient (Wildman–Crippen LogP) is 3.15. The Morgan fingerprint density at radius 2 is 1.60 bits per heavy atom. The second-order valence-corrected chi connectivity index (χ2v) is 5.89. The number of aromatic amines is 1. The number of hydrogen-bond donors (Lipinski definition) is 1. The molecule has 0 saturated carbocycles. The van der Waals surface area contributed by atoms with Crippen molar-refractivity contribution in [3.63, 3.8) is 0 Å². The van der Waals surface area contributed by atoms with Crippen LogP contribution in [-0.4, -0.2) is 35.9 Å². The molecule has 1 atom stereocenters. The molecule has 25 heavy (non-hydrogen) atoms. The van der Waals surface area contributed by atoms with E-state index in [-0.39, 0.29) is 5.69 Å². The van der Waals surface area contributed by atoms with Crippen LogP contribution in [0.15, 0.2) is 24.3 Å². The first-order chi connectivity index (χ1) is 11.8. The molecule has 1 heterocycles. The van der Waals surface area contributed by atoms with E-state index >= 15 is 0 Å². The zero-order valence-electron chi connectivity index (χ0n) is 14.9. The van der Waals surface area contributed by atoms with Gasteiger partial charge in [-0.15, -0.1) is 0 Å². The third-order valence-electron chi connectivity index (χ3n) is 4.01. The van der Waals surface area contributed by atoms with Gasteiger partial charge in [-0.05, 0) is 45.4 Å².